The number of ether oxygens (including phenoxy) is 1. The Hall–Kier alpha value is -0.710. The third-order valence-electron chi connectivity index (χ3n) is 1.49. The number of Topliss-reactive ketones (excluding diaryl/α,β-unsaturated/α-hetero) is 1. The number of hydrogen-bond acceptors (Lipinski definition) is 6. The Morgan fingerprint density at radius 1 is 1.00 bits per heavy atom. The van der Waals surface area contributed by atoms with Gasteiger partial charge in [-0.1, -0.05) is 0 Å². The second kappa shape index (κ2) is 7.54. The fraction of sp³-hybridized carbons (Fsp3) is 0.778. The van der Waals surface area contributed by atoms with Crippen molar-refractivity contribution >= 4 is 19.3 Å². The molecule has 0 aromatic carbocycles. The molecule has 0 aliphatic heterocycles. The highest BCUT2D eigenvalue weighted by Gasteiger charge is 2.31. The highest BCUT2D eigenvalue weighted by atomic mass is 31.2. The molecule has 0 saturated carbocycles. The van der Waals surface area contributed by atoms with E-state index in [2.05, 4.69) is 4.74 Å². The molecule has 0 heterocycles. The molecule has 0 atom stereocenters. The lowest BCUT2D eigenvalue weighted by Gasteiger charge is -2.15. The van der Waals surface area contributed by atoms with Crippen molar-refractivity contribution in [1.29, 1.82) is 0 Å². The quantitative estimate of drug-likeness (QED) is 0.369. The number of rotatable bonds is 8. The van der Waals surface area contributed by atoms with Gasteiger partial charge in [-0.3, -0.25) is 9.36 Å². The van der Waals surface area contributed by atoms with Gasteiger partial charge in [-0.15, -0.1) is 0 Å². The monoisotopic (exact) mass is 252 g/mol. The van der Waals surface area contributed by atoms with Crippen molar-refractivity contribution in [2.24, 2.45) is 0 Å². The molecule has 0 saturated heterocycles. The molecule has 94 valence electrons. The van der Waals surface area contributed by atoms with Gasteiger partial charge < -0.3 is 13.8 Å². The van der Waals surface area contributed by atoms with Gasteiger partial charge >= 0.3 is 13.6 Å². The van der Waals surface area contributed by atoms with Crippen molar-refractivity contribution < 1.29 is 27.9 Å². The lowest BCUT2D eigenvalue weighted by Crippen LogP contribution is -2.22. The molecule has 0 radical (unpaired) electrons. The van der Waals surface area contributed by atoms with E-state index < -0.39 is 25.5 Å². The van der Waals surface area contributed by atoms with E-state index >= 15 is 0 Å². The van der Waals surface area contributed by atoms with E-state index in [0.717, 1.165) is 0 Å². The summed E-state index contributed by atoms with van der Waals surface area (Å²) in [6, 6.07) is 0. The first-order chi connectivity index (χ1) is 7.49. The first-order valence-electron chi connectivity index (χ1n) is 5.07. The van der Waals surface area contributed by atoms with Gasteiger partial charge in [0.15, 0.2) is 0 Å². The minimum atomic E-state index is -3.50. The fourth-order valence-electron chi connectivity index (χ4n) is 0.974. The van der Waals surface area contributed by atoms with Crippen LogP contribution in [-0.4, -0.2) is 37.7 Å². The predicted octanol–water partition coefficient (Wildman–Crippen LogP) is 1.38. The fourth-order valence-corrected chi connectivity index (χ4v) is 2.50. The molecule has 0 N–H and O–H groups in total. The van der Waals surface area contributed by atoms with Crippen LogP contribution in [0, 0.1) is 0 Å². The SMILES string of the molecule is CCOC(=O)C(=O)CP(=O)(OCC)OCC. The minimum absolute atomic E-state index is 0.0954. The van der Waals surface area contributed by atoms with Crippen LogP contribution in [0.1, 0.15) is 20.8 Å². The van der Waals surface area contributed by atoms with Crippen LogP contribution in [0.3, 0.4) is 0 Å². The molecule has 0 rings (SSSR count). The molecule has 0 fully saturated rings. The highest BCUT2D eigenvalue weighted by molar-refractivity contribution is 7.55. The van der Waals surface area contributed by atoms with Gasteiger partial charge in [0.25, 0.3) is 5.78 Å². The molecule has 16 heavy (non-hydrogen) atoms. The zero-order valence-electron chi connectivity index (χ0n) is 9.73. The van der Waals surface area contributed by atoms with Crippen molar-refractivity contribution in [1.82, 2.24) is 0 Å². The molecule has 0 aliphatic carbocycles. The summed E-state index contributed by atoms with van der Waals surface area (Å²) in [6.45, 7) is 5.22. The third kappa shape index (κ3) is 5.39. The number of hydrogen-bond donors (Lipinski definition) is 0. The normalized spacial score (nSPS) is 11.2. The Morgan fingerprint density at radius 2 is 1.50 bits per heavy atom. The van der Waals surface area contributed by atoms with Crippen LogP contribution in [-0.2, 0) is 27.9 Å². The Morgan fingerprint density at radius 3 is 1.88 bits per heavy atom. The molecule has 0 unspecified atom stereocenters. The standard InChI is InChI=1S/C9H17O6P/c1-4-13-9(11)8(10)7-16(12,14-5-2)15-6-3/h4-7H2,1-3H3. The van der Waals surface area contributed by atoms with Crippen LogP contribution >= 0.6 is 7.60 Å². The van der Waals surface area contributed by atoms with Crippen LogP contribution in [0.5, 0.6) is 0 Å². The van der Waals surface area contributed by atoms with Crippen molar-refractivity contribution in [3.05, 3.63) is 0 Å². The zero-order chi connectivity index (χ0) is 12.6. The van der Waals surface area contributed by atoms with E-state index in [0.29, 0.717) is 0 Å². The van der Waals surface area contributed by atoms with Crippen LogP contribution in [0.4, 0.5) is 0 Å². The van der Waals surface area contributed by atoms with E-state index in [1.54, 1.807) is 20.8 Å². The second-order valence-corrected chi connectivity index (χ2v) is 4.80. The first kappa shape index (κ1) is 15.3. The molecule has 0 bridgehead atoms. The van der Waals surface area contributed by atoms with Gasteiger partial charge in [0.05, 0.1) is 19.8 Å². The predicted molar refractivity (Wildman–Crippen MR) is 57.4 cm³/mol. The molecule has 0 aliphatic rings. The van der Waals surface area contributed by atoms with Gasteiger partial charge in [-0.05, 0) is 20.8 Å². The average Bonchev–Trinajstić information content (AvgIpc) is 2.18. The number of ketones is 1. The maximum Gasteiger partial charge on any atom is 0.375 e. The van der Waals surface area contributed by atoms with Gasteiger partial charge in [0.2, 0.25) is 0 Å². The maximum atomic E-state index is 11.9. The van der Waals surface area contributed by atoms with E-state index in [1.807, 2.05) is 0 Å². The number of esters is 1. The Labute approximate surface area is 94.8 Å². The first-order valence-corrected chi connectivity index (χ1v) is 6.80. The summed E-state index contributed by atoms with van der Waals surface area (Å²) < 4.78 is 26.1. The lowest BCUT2D eigenvalue weighted by molar-refractivity contribution is -0.152. The second-order valence-electron chi connectivity index (χ2n) is 2.75. The molecule has 6 nitrogen and oxygen atoms in total. The van der Waals surface area contributed by atoms with E-state index in [1.165, 1.54) is 0 Å². The maximum absolute atomic E-state index is 11.9. The Kier molecular flexibility index (Phi) is 7.21. The van der Waals surface area contributed by atoms with Crippen LogP contribution in [0.25, 0.3) is 0 Å². The highest BCUT2D eigenvalue weighted by Crippen LogP contribution is 2.47. The zero-order valence-corrected chi connectivity index (χ0v) is 10.6. The largest absolute Gasteiger partial charge is 0.460 e. The molecule has 7 heteroatoms. The lowest BCUT2D eigenvalue weighted by atomic mass is 10.5. The molecular formula is C9H17O6P. The minimum Gasteiger partial charge on any atom is -0.460 e. The summed E-state index contributed by atoms with van der Waals surface area (Å²) in [5.74, 6) is -1.91. The molecule has 0 amide bonds. The van der Waals surface area contributed by atoms with Gasteiger partial charge in [0, 0.05) is 0 Å². The van der Waals surface area contributed by atoms with Crippen LogP contribution in [0.2, 0.25) is 0 Å². The van der Waals surface area contributed by atoms with Crippen molar-refractivity contribution in [3.8, 4) is 0 Å². The number of carbonyl (C=O) groups is 2. The van der Waals surface area contributed by atoms with Crippen molar-refractivity contribution in [2.75, 3.05) is 26.0 Å². The van der Waals surface area contributed by atoms with Gasteiger partial charge in [0.1, 0.15) is 6.16 Å². The van der Waals surface area contributed by atoms with E-state index in [-0.39, 0.29) is 19.8 Å². The van der Waals surface area contributed by atoms with E-state index in [4.69, 9.17) is 9.05 Å². The van der Waals surface area contributed by atoms with Crippen molar-refractivity contribution in [3.63, 3.8) is 0 Å². The summed E-state index contributed by atoms with van der Waals surface area (Å²) in [7, 11) is -3.50. The average molecular weight is 252 g/mol. The van der Waals surface area contributed by atoms with Gasteiger partial charge in [-0.2, -0.15) is 0 Å². The number of carbonyl (C=O) groups excluding carboxylic acids is 2. The summed E-state index contributed by atoms with van der Waals surface area (Å²) in [4.78, 5) is 22.3. The molecule has 0 aromatic rings. The topological polar surface area (TPSA) is 78.9 Å². The molecule has 0 spiro atoms. The van der Waals surface area contributed by atoms with Crippen LogP contribution in [0.15, 0.2) is 0 Å². The van der Waals surface area contributed by atoms with Crippen LogP contribution < -0.4 is 0 Å². The van der Waals surface area contributed by atoms with Crippen molar-refractivity contribution in [2.45, 2.75) is 20.8 Å². The molecular weight excluding hydrogens is 235 g/mol. The summed E-state index contributed by atoms with van der Waals surface area (Å²) in [5, 5.41) is 0. The summed E-state index contributed by atoms with van der Waals surface area (Å²) in [6.07, 6.45) is -0.576. The summed E-state index contributed by atoms with van der Waals surface area (Å²) in [5.41, 5.74) is 0. The Bertz CT molecular complexity index is 278. The Balaban J connectivity index is 4.45. The third-order valence-corrected chi connectivity index (χ3v) is 3.47. The summed E-state index contributed by atoms with van der Waals surface area (Å²) >= 11 is 0. The van der Waals surface area contributed by atoms with E-state index in [9.17, 15) is 14.2 Å². The molecule has 0 aromatic heterocycles. The smallest absolute Gasteiger partial charge is 0.375 e. The van der Waals surface area contributed by atoms with Gasteiger partial charge in [-0.25, -0.2) is 4.79 Å².